The minimum absolute atomic E-state index is 0.0295. The van der Waals surface area contributed by atoms with Gasteiger partial charge in [0.25, 0.3) is 5.56 Å². The van der Waals surface area contributed by atoms with Gasteiger partial charge in [-0.25, -0.2) is 4.79 Å². The predicted octanol–water partition coefficient (Wildman–Crippen LogP) is -1.53. The van der Waals surface area contributed by atoms with Gasteiger partial charge in [0.15, 0.2) is 0 Å². The van der Waals surface area contributed by atoms with Gasteiger partial charge in [-0.3, -0.25) is 14.3 Å². The van der Waals surface area contributed by atoms with Crippen LogP contribution in [0, 0.1) is 0 Å². The Hall–Kier alpha value is -1.86. The standard InChI is InChI=1S/C10H12N2O5/c1-5-7(14)8(15)10(2,17-5)12-4-3-6(13)11-9(12)16/h3-4,7-8,14-15H,1H2,2H3,(H,11,13,16)/t7-,8-,10-/m1/s1. The third kappa shape index (κ3) is 1.60. The highest BCUT2D eigenvalue weighted by Gasteiger charge is 2.50. The first-order valence-electron chi connectivity index (χ1n) is 4.92. The fourth-order valence-electron chi connectivity index (χ4n) is 1.81. The van der Waals surface area contributed by atoms with Gasteiger partial charge in [0, 0.05) is 12.3 Å². The van der Waals surface area contributed by atoms with E-state index in [0.717, 1.165) is 10.6 Å². The molecule has 0 aliphatic carbocycles. The summed E-state index contributed by atoms with van der Waals surface area (Å²) in [6.07, 6.45) is -1.44. The monoisotopic (exact) mass is 240 g/mol. The van der Waals surface area contributed by atoms with Gasteiger partial charge in [0.05, 0.1) is 0 Å². The van der Waals surface area contributed by atoms with Gasteiger partial charge in [0.2, 0.25) is 5.72 Å². The number of nitrogens with one attached hydrogen (secondary N) is 1. The molecule has 1 aromatic heterocycles. The second-order valence-electron chi connectivity index (χ2n) is 3.99. The lowest BCUT2D eigenvalue weighted by molar-refractivity contribution is -0.102. The smallest absolute Gasteiger partial charge is 0.331 e. The van der Waals surface area contributed by atoms with Crippen molar-refractivity contribution in [1.29, 1.82) is 0 Å². The number of hydrogen-bond acceptors (Lipinski definition) is 5. The Bertz CT molecular complexity index is 575. The number of aliphatic hydroxyl groups is 2. The van der Waals surface area contributed by atoms with Gasteiger partial charge in [-0.15, -0.1) is 0 Å². The Morgan fingerprint density at radius 2 is 2.18 bits per heavy atom. The molecule has 2 heterocycles. The molecule has 1 aliphatic heterocycles. The van der Waals surface area contributed by atoms with Crippen LogP contribution in [0.1, 0.15) is 6.92 Å². The van der Waals surface area contributed by atoms with Crippen LogP contribution in [-0.2, 0) is 10.5 Å². The lowest BCUT2D eigenvalue weighted by Gasteiger charge is -2.28. The van der Waals surface area contributed by atoms with Crippen molar-refractivity contribution in [1.82, 2.24) is 9.55 Å². The van der Waals surface area contributed by atoms with Crippen LogP contribution in [0.15, 0.2) is 34.2 Å². The minimum Gasteiger partial charge on any atom is -0.467 e. The lowest BCUT2D eigenvalue weighted by atomic mass is 10.1. The average molecular weight is 240 g/mol. The van der Waals surface area contributed by atoms with Crippen LogP contribution < -0.4 is 11.2 Å². The van der Waals surface area contributed by atoms with Gasteiger partial charge < -0.3 is 14.9 Å². The van der Waals surface area contributed by atoms with E-state index in [1.807, 2.05) is 4.98 Å². The quantitative estimate of drug-likeness (QED) is 0.552. The van der Waals surface area contributed by atoms with Gasteiger partial charge >= 0.3 is 5.69 Å². The molecule has 0 saturated carbocycles. The molecule has 0 radical (unpaired) electrons. The average Bonchev–Trinajstić information content (AvgIpc) is 2.43. The second-order valence-corrected chi connectivity index (χ2v) is 3.99. The van der Waals surface area contributed by atoms with E-state index in [1.165, 1.54) is 13.1 Å². The molecule has 92 valence electrons. The maximum Gasteiger partial charge on any atom is 0.331 e. The van der Waals surface area contributed by atoms with Crippen molar-refractivity contribution in [3.8, 4) is 0 Å². The van der Waals surface area contributed by atoms with E-state index in [0.29, 0.717) is 0 Å². The van der Waals surface area contributed by atoms with Gasteiger partial charge in [0.1, 0.15) is 18.0 Å². The number of hydrogen-bond donors (Lipinski definition) is 3. The summed E-state index contributed by atoms with van der Waals surface area (Å²) in [5.41, 5.74) is -2.78. The molecule has 2 rings (SSSR count). The van der Waals surface area contributed by atoms with Crippen LogP contribution in [0.3, 0.4) is 0 Å². The van der Waals surface area contributed by atoms with Crippen molar-refractivity contribution in [2.24, 2.45) is 0 Å². The fraction of sp³-hybridized carbons (Fsp3) is 0.400. The van der Waals surface area contributed by atoms with E-state index in [1.54, 1.807) is 0 Å². The van der Waals surface area contributed by atoms with E-state index in [2.05, 4.69) is 6.58 Å². The van der Waals surface area contributed by atoms with Gasteiger partial charge in [-0.1, -0.05) is 6.58 Å². The summed E-state index contributed by atoms with van der Waals surface area (Å²) in [5.74, 6) is -0.0295. The highest BCUT2D eigenvalue weighted by atomic mass is 16.6. The molecule has 0 spiro atoms. The van der Waals surface area contributed by atoms with Crippen LogP contribution in [0.2, 0.25) is 0 Å². The second kappa shape index (κ2) is 3.57. The third-order valence-corrected chi connectivity index (χ3v) is 2.82. The minimum atomic E-state index is -1.49. The van der Waals surface area contributed by atoms with E-state index in [9.17, 15) is 19.8 Å². The van der Waals surface area contributed by atoms with Crippen molar-refractivity contribution in [3.05, 3.63) is 45.4 Å². The molecule has 17 heavy (non-hydrogen) atoms. The summed E-state index contributed by atoms with van der Waals surface area (Å²) in [6, 6.07) is 1.12. The maximum absolute atomic E-state index is 11.6. The number of ether oxygens (including phenoxy) is 1. The topological polar surface area (TPSA) is 105 Å². The third-order valence-electron chi connectivity index (χ3n) is 2.82. The fourth-order valence-corrected chi connectivity index (χ4v) is 1.81. The number of aliphatic hydroxyl groups excluding tert-OH is 2. The molecular formula is C10H12N2O5. The van der Waals surface area contributed by atoms with Crippen LogP contribution in [0.25, 0.3) is 0 Å². The number of rotatable bonds is 1. The van der Waals surface area contributed by atoms with Crippen molar-refractivity contribution < 1.29 is 14.9 Å². The van der Waals surface area contributed by atoms with E-state index in [4.69, 9.17) is 4.74 Å². The van der Waals surface area contributed by atoms with Gasteiger partial charge in [-0.05, 0) is 6.92 Å². The zero-order chi connectivity index (χ0) is 12.8. The largest absolute Gasteiger partial charge is 0.467 e. The van der Waals surface area contributed by atoms with Gasteiger partial charge in [-0.2, -0.15) is 0 Å². The summed E-state index contributed by atoms with van der Waals surface area (Å²) < 4.78 is 6.23. The van der Waals surface area contributed by atoms with Crippen molar-refractivity contribution >= 4 is 0 Å². The van der Waals surface area contributed by atoms with Crippen molar-refractivity contribution in [2.75, 3.05) is 0 Å². The van der Waals surface area contributed by atoms with Crippen molar-refractivity contribution in [3.63, 3.8) is 0 Å². The summed E-state index contributed by atoms with van der Waals surface area (Å²) in [5, 5.41) is 19.4. The highest BCUT2D eigenvalue weighted by Crippen LogP contribution is 2.35. The number of H-pyrrole nitrogens is 1. The summed E-state index contributed by atoms with van der Waals surface area (Å²) in [6.45, 7) is 4.85. The molecule has 1 fully saturated rings. The molecule has 1 saturated heterocycles. The Morgan fingerprint density at radius 3 is 2.65 bits per heavy atom. The molecular weight excluding hydrogens is 228 g/mol. The van der Waals surface area contributed by atoms with E-state index >= 15 is 0 Å². The molecule has 0 bridgehead atoms. The number of aromatic amines is 1. The molecule has 1 aliphatic rings. The molecule has 0 aromatic carbocycles. The highest BCUT2D eigenvalue weighted by molar-refractivity contribution is 5.10. The molecule has 1 aromatic rings. The number of aromatic nitrogens is 2. The Labute approximate surface area is 95.6 Å². The first-order chi connectivity index (χ1) is 7.86. The van der Waals surface area contributed by atoms with Crippen LogP contribution >= 0.6 is 0 Å². The zero-order valence-corrected chi connectivity index (χ0v) is 9.08. The predicted molar refractivity (Wildman–Crippen MR) is 57.2 cm³/mol. The van der Waals surface area contributed by atoms with Crippen LogP contribution in [0.4, 0.5) is 0 Å². The van der Waals surface area contributed by atoms with E-state index in [-0.39, 0.29) is 5.76 Å². The molecule has 7 nitrogen and oxygen atoms in total. The normalized spacial score (nSPS) is 32.5. The molecule has 3 N–H and O–H groups in total. The molecule has 0 amide bonds. The summed E-state index contributed by atoms with van der Waals surface area (Å²) >= 11 is 0. The lowest BCUT2D eigenvalue weighted by Crippen LogP contribution is -2.49. The SMILES string of the molecule is C=C1O[C@@](C)(n2ccc(=O)[nH]c2=O)[C@H](O)[C@@H]1O. The zero-order valence-electron chi connectivity index (χ0n) is 9.08. The first kappa shape index (κ1) is 11.6. The van der Waals surface area contributed by atoms with Crippen molar-refractivity contribution in [2.45, 2.75) is 24.9 Å². The summed E-state index contributed by atoms with van der Waals surface area (Å²) in [7, 11) is 0. The first-order valence-corrected chi connectivity index (χ1v) is 4.92. The van der Waals surface area contributed by atoms with Crippen LogP contribution in [0.5, 0.6) is 0 Å². The molecule has 7 heteroatoms. The Morgan fingerprint density at radius 1 is 1.53 bits per heavy atom. The summed E-state index contributed by atoms with van der Waals surface area (Å²) in [4.78, 5) is 24.6. The molecule has 0 unspecified atom stereocenters. The van der Waals surface area contributed by atoms with E-state index < -0.39 is 29.2 Å². The Kier molecular flexibility index (Phi) is 2.44. The molecule has 3 atom stereocenters. The maximum atomic E-state index is 11.6. The Balaban J connectivity index is 2.57. The van der Waals surface area contributed by atoms with Crippen LogP contribution in [-0.4, -0.2) is 32.0 Å². The number of nitrogens with zero attached hydrogens (tertiary/aromatic N) is 1.